The molecule has 23 heavy (non-hydrogen) atoms. The first kappa shape index (κ1) is 15.3. The van der Waals surface area contributed by atoms with Gasteiger partial charge in [0.2, 0.25) is 0 Å². The molecule has 0 saturated carbocycles. The molecular weight excluding hydrogens is 309 g/mol. The van der Waals surface area contributed by atoms with Crippen LogP contribution in [0.3, 0.4) is 0 Å². The van der Waals surface area contributed by atoms with Crippen LogP contribution >= 0.6 is 11.3 Å². The summed E-state index contributed by atoms with van der Waals surface area (Å²) in [6, 6.07) is 6.91. The third kappa shape index (κ3) is 2.43. The lowest BCUT2D eigenvalue weighted by molar-refractivity contribution is -0.0643. The van der Waals surface area contributed by atoms with Crippen LogP contribution in [0.5, 0.6) is 0 Å². The highest BCUT2D eigenvalue weighted by Gasteiger charge is 2.47. The van der Waals surface area contributed by atoms with Crippen LogP contribution in [-0.4, -0.2) is 29.3 Å². The van der Waals surface area contributed by atoms with Gasteiger partial charge in [-0.1, -0.05) is 12.1 Å². The number of hydrogen-bond acceptors (Lipinski definition) is 3. The molecule has 0 unspecified atom stereocenters. The van der Waals surface area contributed by atoms with E-state index in [9.17, 15) is 9.18 Å². The molecule has 3 fully saturated rings. The molecule has 0 spiro atoms. The number of halogens is 1. The van der Waals surface area contributed by atoms with Gasteiger partial charge in [-0.15, -0.1) is 11.3 Å². The summed E-state index contributed by atoms with van der Waals surface area (Å²) in [6.45, 7) is 6.88. The molecule has 0 radical (unpaired) electrons. The normalized spacial score (nSPS) is 29.1. The van der Waals surface area contributed by atoms with Crippen molar-refractivity contribution in [3.63, 3.8) is 0 Å². The number of fused-ring (bicyclic) bond motifs is 4. The van der Waals surface area contributed by atoms with E-state index in [2.05, 4.69) is 18.7 Å². The van der Waals surface area contributed by atoms with E-state index < -0.39 is 0 Å². The number of rotatable bonds is 3. The van der Waals surface area contributed by atoms with Gasteiger partial charge in [-0.25, -0.2) is 4.39 Å². The zero-order valence-corrected chi connectivity index (χ0v) is 14.5. The van der Waals surface area contributed by atoms with Gasteiger partial charge in [-0.2, -0.15) is 0 Å². The zero-order valence-electron chi connectivity index (χ0n) is 13.6. The lowest BCUT2D eigenvalue weighted by Gasteiger charge is -2.56. The minimum Gasteiger partial charge on any atom is -0.298 e. The van der Waals surface area contributed by atoms with Gasteiger partial charge in [-0.05, 0) is 69.1 Å². The molecule has 4 heteroatoms. The fraction of sp³-hybridized carbons (Fsp3) is 0.526. The molecule has 2 nitrogen and oxygen atoms in total. The Labute approximate surface area is 140 Å². The van der Waals surface area contributed by atoms with Crippen molar-refractivity contribution in [3.8, 4) is 0 Å². The number of hydrogen-bond donors (Lipinski definition) is 0. The van der Waals surface area contributed by atoms with Crippen molar-refractivity contribution in [2.24, 2.45) is 11.8 Å². The molecule has 2 bridgehead atoms. The maximum atomic E-state index is 13.9. The number of thiophene rings is 1. The average molecular weight is 331 g/mol. The first-order valence-electron chi connectivity index (χ1n) is 8.43. The fourth-order valence-corrected chi connectivity index (χ4v) is 5.58. The highest BCUT2D eigenvalue weighted by atomic mass is 32.1. The second-order valence-corrected chi connectivity index (χ2v) is 8.53. The maximum Gasteiger partial charge on any atom is 0.173 e. The Morgan fingerprint density at radius 3 is 2.74 bits per heavy atom. The number of nitrogens with zero attached hydrogens (tertiary/aromatic N) is 1. The first-order valence-corrected chi connectivity index (χ1v) is 9.25. The standard InChI is InChI=1S/C19H22FNOS/c1-19(2)14(12-6-8-21(19)9-7-12)11-16(22)17-10-13-4-3-5-15(20)18(13)23-17/h3-5,10,12,14H,6-9,11H2,1-2H3/t14-/m1/s1. The van der Waals surface area contributed by atoms with Gasteiger partial charge < -0.3 is 0 Å². The molecule has 3 saturated heterocycles. The van der Waals surface area contributed by atoms with E-state index >= 15 is 0 Å². The van der Waals surface area contributed by atoms with E-state index in [-0.39, 0.29) is 17.1 Å². The highest BCUT2D eigenvalue weighted by Crippen LogP contribution is 2.46. The van der Waals surface area contributed by atoms with E-state index in [1.807, 2.05) is 12.1 Å². The predicted molar refractivity (Wildman–Crippen MR) is 92.6 cm³/mol. The van der Waals surface area contributed by atoms with Crippen molar-refractivity contribution < 1.29 is 9.18 Å². The van der Waals surface area contributed by atoms with E-state index in [1.54, 1.807) is 6.07 Å². The molecule has 3 aliphatic heterocycles. The number of carbonyl (C=O) groups is 1. The summed E-state index contributed by atoms with van der Waals surface area (Å²) < 4.78 is 14.5. The molecule has 0 aliphatic carbocycles. The van der Waals surface area contributed by atoms with Crippen LogP contribution in [0, 0.1) is 17.7 Å². The number of piperidine rings is 3. The monoisotopic (exact) mass is 331 g/mol. The molecule has 4 heterocycles. The Morgan fingerprint density at radius 2 is 2.09 bits per heavy atom. The van der Waals surface area contributed by atoms with Crippen molar-refractivity contribution in [1.29, 1.82) is 0 Å². The van der Waals surface area contributed by atoms with Crippen molar-refractivity contribution in [1.82, 2.24) is 4.90 Å². The molecule has 1 aromatic heterocycles. The molecule has 122 valence electrons. The van der Waals surface area contributed by atoms with Gasteiger partial charge in [0, 0.05) is 12.0 Å². The zero-order chi connectivity index (χ0) is 16.2. The number of Topliss-reactive ketones (excluding diaryl/α,β-unsaturated/α-hetero) is 1. The van der Waals surface area contributed by atoms with E-state index in [1.165, 1.54) is 30.2 Å². The maximum absolute atomic E-state index is 13.9. The third-order valence-electron chi connectivity index (χ3n) is 6.01. The Morgan fingerprint density at radius 1 is 1.35 bits per heavy atom. The van der Waals surface area contributed by atoms with Crippen molar-refractivity contribution in [3.05, 3.63) is 35.0 Å². The second kappa shape index (κ2) is 5.38. The summed E-state index contributed by atoms with van der Waals surface area (Å²) in [5, 5.41) is 0.839. The average Bonchev–Trinajstić information content (AvgIpc) is 2.97. The van der Waals surface area contributed by atoms with Gasteiger partial charge in [0.15, 0.2) is 5.78 Å². The van der Waals surface area contributed by atoms with Crippen LogP contribution in [0.15, 0.2) is 24.3 Å². The molecule has 0 N–H and O–H groups in total. The van der Waals surface area contributed by atoms with Crippen LogP contribution in [0.25, 0.3) is 10.1 Å². The third-order valence-corrected chi connectivity index (χ3v) is 7.21. The van der Waals surface area contributed by atoms with Crippen LogP contribution in [0.2, 0.25) is 0 Å². The van der Waals surface area contributed by atoms with Gasteiger partial charge in [0.25, 0.3) is 0 Å². The lowest BCUT2D eigenvalue weighted by atomic mass is 9.65. The Hall–Kier alpha value is -1.26. The molecule has 3 aliphatic rings. The topological polar surface area (TPSA) is 20.3 Å². The summed E-state index contributed by atoms with van der Waals surface area (Å²) in [4.78, 5) is 16.1. The van der Waals surface area contributed by atoms with Gasteiger partial charge in [0.05, 0.1) is 9.58 Å². The van der Waals surface area contributed by atoms with E-state index in [0.717, 1.165) is 18.5 Å². The van der Waals surface area contributed by atoms with Crippen molar-refractivity contribution >= 4 is 27.2 Å². The second-order valence-electron chi connectivity index (χ2n) is 7.48. The predicted octanol–water partition coefficient (Wildman–Crippen LogP) is 4.73. The number of benzene rings is 1. The molecule has 1 atom stereocenters. The molecule has 0 amide bonds. The highest BCUT2D eigenvalue weighted by molar-refractivity contribution is 7.20. The first-order chi connectivity index (χ1) is 11.0. The number of carbonyl (C=O) groups excluding carboxylic acids is 1. The minimum absolute atomic E-state index is 0.0960. The van der Waals surface area contributed by atoms with Crippen LogP contribution < -0.4 is 0 Å². The smallest absolute Gasteiger partial charge is 0.173 e. The van der Waals surface area contributed by atoms with E-state index in [4.69, 9.17) is 0 Å². The molecule has 2 aromatic rings. The number of ketones is 1. The summed E-state index contributed by atoms with van der Waals surface area (Å²) in [6.07, 6.45) is 3.01. The SMILES string of the molecule is CC1(C)[C@H](CC(=O)c2cc3cccc(F)c3s2)C2CCN1CC2. The van der Waals surface area contributed by atoms with Crippen LogP contribution in [-0.2, 0) is 0 Å². The van der Waals surface area contributed by atoms with Gasteiger partial charge in [-0.3, -0.25) is 9.69 Å². The largest absolute Gasteiger partial charge is 0.298 e. The van der Waals surface area contributed by atoms with Crippen molar-refractivity contribution in [2.45, 2.75) is 38.6 Å². The summed E-state index contributed by atoms with van der Waals surface area (Å²) in [7, 11) is 0. The Balaban J connectivity index is 1.60. The summed E-state index contributed by atoms with van der Waals surface area (Å²) in [5.74, 6) is 1.02. The molecular formula is C19H22FNOS. The molecule has 1 aromatic carbocycles. The van der Waals surface area contributed by atoms with Crippen LogP contribution in [0.1, 0.15) is 42.8 Å². The summed E-state index contributed by atoms with van der Waals surface area (Å²) >= 11 is 1.30. The Bertz CT molecular complexity index is 758. The quantitative estimate of drug-likeness (QED) is 0.758. The van der Waals surface area contributed by atoms with Crippen molar-refractivity contribution in [2.75, 3.05) is 13.1 Å². The lowest BCUT2D eigenvalue weighted by Crippen LogP contribution is -2.61. The minimum atomic E-state index is -0.227. The van der Waals surface area contributed by atoms with Gasteiger partial charge in [0.1, 0.15) is 5.82 Å². The Kier molecular flexibility index (Phi) is 3.58. The van der Waals surface area contributed by atoms with Gasteiger partial charge >= 0.3 is 0 Å². The molecule has 5 rings (SSSR count). The van der Waals surface area contributed by atoms with E-state index in [0.29, 0.717) is 27.8 Å². The fourth-order valence-electron chi connectivity index (χ4n) is 4.57. The summed E-state index contributed by atoms with van der Waals surface area (Å²) in [5.41, 5.74) is 0.0960. The van der Waals surface area contributed by atoms with Crippen LogP contribution in [0.4, 0.5) is 4.39 Å².